The molecule has 0 saturated heterocycles. The number of aryl methyl sites for hydroxylation is 1. The van der Waals surface area contributed by atoms with Crippen LogP contribution in [-0.2, 0) is 10.0 Å². The van der Waals surface area contributed by atoms with Gasteiger partial charge in [0, 0.05) is 23.3 Å². The summed E-state index contributed by atoms with van der Waals surface area (Å²) >= 11 is 0. The van der Waals surface area contributed by atoms with Crippen molar-refractivity contribution < 1.29 is 22.8 Å². The summed E-state index contributed by atoms with van der Waals surface area (Å²) in [6.07, 6.45) is 1.26. The summed E-state index contributed by atoms with van der Waals surface area (Å²) in [6.45, 7) is 1.52. The van der Waals surface area contributed by atoms with Gasteiger partial charge in [0.05, 0.1) is 30.3 Å². The monoisotopic (exact) mass is 379 g/mol. The molecule has 0 radical (unpaired) electrons. The number of ether oxygens (including phenoxy) is 2. The number of methoxy groups -OCH3 is 2. The molecule has 0 amide bonds. The maximum atomic E-state index is 12.3. The quantitative estimate of drug-likeness (QED) is 0.447. The van der Waals surface area contributed by atoms with Gasteiger partial charge in [-0.2, -0.15) is 13.5 Å². The molecule has 10 heteroatoms. The lowest BCUT2D eigenvalue weighted by Gasteiger charge is -2.07. The first-order valence-corrected chi connectivity index (χ1v) is 8.78. The predicted molar refractivity (Wildman–Crippen MR) is 95.3 cm³/mol. The molecule has 2 rings (SSSR count). The normalized spacial score (nSPS) is 11.3. The van der Waals surface area contributed by atoms with Gasteiger partial charge in [-0.1, -0.05) is 6.07 Å². The van der Waals surface area contributed by atoms with E-state index in [1.54, 1.807) is 18.2 Å². The average molecular weight is 379 g/mol. The van der Waals surface area contributed by atoms with Crippen LogP contribution in [0.4, 0.5) is 5.69 Å². The second-order valence-corrected chi connectivity index (χ2v) is 6.83. The highest BCUT2D eigenvalue weighted by molar-refractivity contribution is 7.89. The smallest absolute Gasteiger partial charge is 0.276 e. The molecular weight excluding hydrogens is 362 g/mol. The lowest BCUT2D eigenvalue weighted by Crippen LogP contribution is -2.18. The number of hydrogen-bond donors (Lipinski definition) is 1. The number of sulfonamides is 1. The molecule has 0 heterocycles. The van der Waals surface area contributed by atoms with Crippen molar-refractivity contribution in [1.82, 2.24) is 4.83 Å². The molecule has 0 aliphatic carbocycles. The number of nitrogens with zero attached hydrogens (tertiary/aromatic N) is 2. The molecule has 0 unspecified atom stereocenters. The molecule has 0 atom stereocenters. The minimum atomic E-state index is -4.05. The summed E-state index contributed by atoms with van der Waals surface area (Å²) in [4.78, 5) is 12.1. The van der Waals surface area contributed by atoms with E-state index >= 15 is 0 Å². The maximum absolute atomic E-state index is 12.3. The van der Waals surface area contributed by atoms with Crippen LogP contribution in [0.15, 0.2) is 46.4 Å². The van der Waals surface area contributed by atoms with Gasteiger partial charge in [0.1, 0.15) is 11.5 Å². The van der Waals surface area contributed by atoms with Crippen molar-refractivity contribution in [3.8, 4) is 11.5 Å². The van der Waals surface area contributed by atoms with Gasteiger partial charge in [0.2, 0.25) is 0 Å². The van der Waals surface area contributed by atoms with E-state index in [4.69, 9.17) is 9.47 Å². The van der Waals surface area contributed by atoms with E-state index in [0.29, 0.717) is 22.6 Å². The van der Waals surface area contributed by atoms with E-state index in [0.717, 1.165) is 6.07 Å². The molecule has 0 saturated carbocycles. The van der Waals surface area contributed by atoms with Crippen LogP contribution in [0.25, 0.3) is 0 Å². The zero-order valence-corrected chi connectivity index (χ0v) is 15.1. The molecule has 0 fully saturated rings. The molecule has 0 bridgehead atoms. The average Bonchev–Trinajstić information content (AvgIpc) is 2.61. The lowest BCUT2D eigenvalue weighted by atomic mass is 10.2. The van der Waals surface area contributed by atoms with Crippen molar-refractivity contribution in [2.75, 3.05) is 14.2 Å². The van der Waals surface area contributed by atoms with Crippen LogP contribution in [0.3, 0.4) is 0 Å². The summed E-state index contributed by atoms with van der Waals surface area (Å²) in [7, 11) is -1.08. The topological polar surface area (TPSA) is 120 Å². The molecule has 138 valence electrons. The third-order valence-electron chi connectivity index (χ3n) is 3.50. The Labute approximate surface area is 150 Å². The van der Waals surface area contributed by atoms with Crippen molar-refractivity contribution in [3.05, 3.63) is 57.6 Å². The lowest BCUT2D eigenvalue weighted by molar-refractivity contribution is -0.385. The molecule has 9 nitrogen and oxygen atoms in total. The Balaban J connectivity index is 2.24. The van der Waals surface area contributed by atoms with Gasteiger partial charge in [-0.25, -0.2) is 4.83 Å². The SMILES string of the molecule is COc1ccc(/C=N/NS(=O)(=O)c2ccc(C)c([N+](=O)[O-])c2)c(OC)c1. The van der Waals surface area contributed by atoms with Crippen LogP contribution in [0.5, 0.6) is 11.5 Å². The van der Waals surface area contributed by atoms with Crippen LogP contribution < -0.4 is 14.3 Å². The van der Waals surface area contributed by atoms with Gasteiger partial charge in [-0.05, 0) is 25.1 Å². The first-order valence-electron chi connectivity index (χ1n) is 7.30. The van der Waals surface area contributed by atoms with Gasteiger partial charge < -0.3 is 9.47 Å². The van der Waals surface area contributed by atoms with E-state index in [-0.39, 0.29) is 10.6 Å². The first-order chi connectivity index (χ1) is 12.3. The standard InChI is InChI=1S/C16H17N3O6S/c1-11-4-7-14(9-15(11)19(20)21)26(22,23)18-17-10-12-5-6-13(24-2)8-16(12)25-3/h4-10,18H,1-3H3/b17-10+. The fourth-order valence-electron chi connectivity index (χ4n) is 2.10. The van der Waals surface area contributed by atoms with E-state index < -0.39 is 14.9 Å². The summed E-state index contributed by atoms with van der Waals surface area (Å²) in [5.41, 5.74) is 0.597. The van der Waals surface area contributed by atoms with Crippen LogP contribution in [0, 0.1) is 17.0 Å². The Bertz CT molecular complexity index is 956. The van der Waals surface area contributed by atoms with Gasteiger partial charge in [0.25, 0.3) is 15.7 Å². The van der Waals surface area contributed by atoms with E-state index in [2.05, 4.69) is 5.10 Å². The fraction of sp³-hybridized carbons (Fsp3) is 0.188. The fourth-order valence-corrected chi connectivity index (χ4v) is 2.91. The van der Waals surface area contributed by atoms with Gasteiger partial charge >= 0.3 is 0 Å². The highest BCUT2D eigenvalue weighted by Gasteiger charge is 2.19. The Morgan fingerprint density at radius 3 is 2.50 bits per heavy atom. The number of hydrazone groups is 1. The van der Waals surface area contributed by atoms with E-state index in [1.165, 1.54) is 39.5 Å². The largest absolute Gasteiger partial charge is 0.497 e. The third-order valence-corrected chi connectivity index (χ3v) is 4.73. The number of nitro groups is 1. The minimum Gasteiger partial charge on any atom is -0.497 e. The molecule has 0 spiro atoms. The van der Waals surface area contributed by atoms with Crippen LogP contribution in [0.2, 0.25) is 0 Å². The van der Waals surface area contributed by atoms with Gasteiger partial charge in [-0.15, -0.1) is 0 Å². The summed E-state index contributed by atoms with van der Waals surface area (Å²) < 4.78 is 34.8. The maximum Gasteiger partial charge on any atom is 0.276 e. The Kier molecular flexibility index (Phi) is 5.78. The second kappa shape index (κ2) is 7.83. The van der Waals surface area contributed by atoms with Crippen molar-refractivity contribution in [1.29, 1.82) is 0 Å². The third kappa shape index (κ3) is 4.28. The molecule has 2 aromatic rings. The van der Waals surface area contributed by atoms with Crippen molar-refractivity contribution in [3.63, 3.8) is 0 Å². The summed E-state index contributed by atoms with van der Waals surface area (Å²) in [5.74, 6) is 1.02. The Morgan fingerprint density at radius 2 is 1.88 bits per heavy atom. The van der Waals surface area contributed by atoms with Crippen molar-refractivity contribution in [2.45, 2.75) is 11.8 Å². The number of benzene rings is 2. The number of nitrogens with one attached hydrogen (secondary N) is 1. The molecule has 0 aliphatic heterocycles. The molecule has 1 N–H and O–H groups in total. The Morgan fingerprint density at radius 1 is 1.15 bits per heavy atom. The van der Waals surface area contributed by atoms with Crippen LogP contribution >= 0.6 is 0 Å². The van der Waals surface area contributed by atoms with Gasteiger partial charge in [0.15, 0.2) is 0 Å². The summed E-state index contributed by atoms with van der Waals surface area (Å²) in [6, 6.07) is 8.56. The van der Waals surface area contributed by atoms with E-state index in [9.17, 15) is 18.5 Å². The number of hydrogen-bond acceptors (Lipinski definition) is 7. The zero-order chi connectivity index (χ0) is 19.3. The Hall–Kier alpha value is -3.14. The molecule has 0 aliphatic rings. The minimum absolute atomic E-state index is 0.256. The molecule has 26 heavy (non-hydrogen) atoms. The van der Waals surface area contributed by atoms with Crippen LogP contribution in [-0.4, -0.2) is 33.8 Å². The zero-order valence-electron chi connectivity index (χ0n) is 14.3. The van der Waals surface area contributed by atoms with Crippen LogP contribution in [0.1, 0.15) is 11.1 Å². The molecule has 2 aromatic carbocycles. The number of nitro benzene ring substituents is 1. The molecule has 0 aromatic heterocycles. The first kappa shape index (κ1) is 19.2. The molecular formula is C16H17N3O6S. The predicted octanol–water partition coefficient (Wildman–Crippen LogP) is 2.23. The van der Waals surface area contributed by atoms with Gasteiger partial charge in [-0.3, -0.25) is 10.1 Å². The van der Waals surface area contributed by atoms with Crippen molar-refractivity contribution in [2.24, 2.45) is 5.10 Å². The second-order valence-electron chi connectivity index (χ2n) is 5.17. The highest BCUT2D eigenvalue weighted by atomic mass is 32.2. The van der Waals surface area contributed by atoms with Crippen molar-refractivity contribution >= 4 is 21.9 Å². The number of rotatable bonds is 7. The highest BCUT2D eigenvalue weighted by Crippen LogP contribution is 2.24. The van der Waals surface area contributed by atoms with E-state index in [1.807, 2.05) is 4.83 Å². The summed E-state index contributed by atoms with van der Waals surface area (Å²) in [5, 5.41) is 14.7.